The first-order valence-corrected chi connectivity index (χ1v) is 3.84. The molecule has 0 bridgehead atoms. The second-order valence-electron chi connectivity index (χ2n) is 2.21. The van der Waals surface area contributed by atoms with Gasteiger partial charge in [-0.15, -0.1) is 0 Å². The number of anilines is 1. The van der Waals surface area contributed by atoms with Gasteiger partial charge < -0.3 is 10.6 Å². The van der Waals surface area contributed by atoms with Gasteiger partial charge in [-0.25, -0.2) is 4.79 Å². The fourth-order valence-electron chi connectivity index (χ4n) is 0.760. The van der Waals surface area contributed by atoms with E-state index in [0.29, 0.717) is 10.7 Å². The molecule has 0 heterocycles. The van der Waals surface area contributed by atoms with Crippen LogP contribution < -0.4 is 10.6 Å². The maximum absolute atomic E-state index is 10.8. The Hall–Kier alpha value is -1.22. The van der Waals surface area contributed by atoms with Crippen LogP contribution in [-0.2, 0) is 0 Å². The first-order chi connectivity index (χ1) is 5.72. The Bertz CT molecular complexity index is 288. The van der Waals surface area contributed by atoms with Crippen molar-refractivity contribution < 1.29 is 4.79 Å². The largest absolute Gasteiger partial charge is 0.341 e. The van der Waals surface area contributed by atoms with Crippen molar-refractivity contribution in [1.29, 1.82) is 0 Å². The van der Waals surface area contributed by atoms with Crippen molar-refractivity contribution >= 4 is 23.3 Å². The van der Waals surface area contributed by atoms with Crippen molar-refractivity contribution in [3.63, 3.8) is 0 Å². The minimum Gasteiger partial charge on any atom is -0.341 e. The van der Waals surface area contributed by atoms with Gasteiger partial charge in [0, 0.05) is 17.8 Å². The quantitative estimate of drug-likeness (QED) is 0.690. The number of carbonyl (C=O) groups is 1. The molecule has 0 spiro atoms. The number of rotatable bonds is 1. The van der Waals surface area contributed by atoms with Crippen molar-refractivity contribution in [2.75, 3.05) is 12.4 Å². The summed E-state index contributed by atoms with van der Waals surface area (Å²) in [4.78, 5) is 10.8. The van der Waals surface area contributed by atoms with Gasteiger partial charge in [0.05, 0.1) is 0 Å². The molecular formula is C8H9ClN2O. The summed E-state index contributed by atoms with van der Waals surface area (Å²) in [6.45, 7) is 0. The molecule has 2 N–H and O–H groups in total. The Labute approximate surface area is 75.7 Å². The van der Waals surface area contributed by atoms with Crippen LogP contribution in [-0.4, -0.2) is 13.1 Å². The topological polar surface area (TPSA) is 41.1 Å². The van der Waals surface area contributed by atoms with Crippen LogP contribution in [0.25, 0.3) is 0 Å². The summed E-state index contributed by atoms with van der Waals surface area (Å²) in [6.07, 6.45) is 0. The minimum absolute atomic E-state index is 0.253. The highest BCUT2D eigenvalue weighted by Crippen LogP contribution is 2.14. The zero-order valence-electron chi connectivity index (χ0n) is 6.60. The molecule has 0 aliphatic heterocycles. The van der Waals surface area contributed by atoms with Crippen LogP contribution >= 0.6 is 11.6 Å². The molecular weight excluding hydrogens is 176 g/mol. The molecule has 0 atom stereocenters. The van der Waals surface area contributed by atoms with E-state index in [-0.39, 0.29) is 6.03 Å². The average molecular weight is 185 g/mol. The molecule has 0 radical (unpaired) electrons. The molecule has 0 aliphatic carbocycles. The molecule has 2 amide bonds. The predicted molar refractivity (Wildman–Crippen MR) is 49.5 cm³/mol. The smallest absolute Gasteiger partial charge is 0.318 e. The number of benzene rings is 1. The second kappa shape index (κ2) is 3.97. The lowest BCUT2D eigenvalue weighted by molar-refractivity contribution is 0.254. The molecule has 0 aromatic heterocycles. The average Bonchev–Trinajstić information content (AvgIpc) is 2.04. The Morgan fingerprint density at radius 2 is 2.25 bits per heavy atom. The van der Waals surface area contributed by atoms with Gasteiger partial charge in [-0.1, -0.05) is 17.7 Å². The number of amides is 2. The van der Waals surface area contributed by atoms with E-state index in [1.807, 2.05) is 0 Å². The van der Waals surface area contributed by atoms with Crippen LogP contribution in [0.3, 0.4) is 0 Å². The molecule has 0 saturated heterocycles. The zero-order chi connectivity index (χ0) is 8.97. The summed E-state index contributed by atoms with van der Waals surface area (Å²) in [6, 6.07) is 6.71. The van der Waals surface area contributed by atoms with Crippen molar-refractivity contribution in [3.8, 4) is 0 Å². The van der Waals surface area contributed by atoms with Crippen molar-refractivity contribution in [1.82, 2.24) is 5.32 Å². The molecule has 0 unspecified atom stereocenters. The van der Waals surface area contributed by atoms with Crippen LogP contribution in [0.5, 0.6) is 0 Å². The van der Waals surface area contributed by atoms with Crippen molar-refractivity contribution in [2.24, 2.45) is 0 Å². The number of carbonyl (C=O) groups excluding carboxylic acids is 1. The SMILES string of the molecule is CNC(=O)Nc1cccc(Cl)c1. The third-order valence-corrected chi connectivity index (χ3v) is 1.54. The van der Waals surface area contributed by atoms with Crippen LogP contribution in [0.1, 0.15) is 0 Å². The van der Waals surface area contributed by atoms with Crippen LogP contribution in [0.2, 0.25) is 5.02 Å². The number of urea groups is 1. The molecule has 1 aromatic rings. The number of hydrogen-bond acceptors (Lipinski definition) is 1. The van der Waals surface area contributed by atoms with E-state index in [9.17, 15) is 4.79 Å². The molecule has 0 saturated carbocycles. The van der Waals surface area contributed by atoms with Gasteiger partial charge in [0.2, 0.25) is 0 Å². The molecule has 12 heavy (non-hydrogen) atoms. The van der Waals surface area contributed by atoms with E-state index in [2.05, 4.69) is 10.6 Å². The summed E-state index contributed by atoms with van der Waals surface area (Å²) in [5, 5.41) is 5.64. The van der Waals surface area contributed by atoms with Crippen LogP contribution in [0.15, 0.2) is 24.3 Å². The predicted octanol–water partition coefficient (Wildman–Crippen LogP) is 2.09. The lowest BCUT2D eigenvalue weighted by Gasteiger charge is -2.03. The maximum atomic E-state index is 10.8. The van der Waals surface area contributed by atoms with E-state index >= 15 is 0 Å². The number of hydrogen-bond donors (Lipinski definition) is 2. The molecule has 4 heteroatoms. The molecule has 3 nitrogen and oxygen atoms in total. The zero-order valence-corrected chi connectivity index (χ0v) is 7.35. The summed E-state index contributed by atoms with van der Waals surface area (Å²) >= 11 is 5.70. The van der Waals surface area contributed by atoms with E-state index in [1.165, 1.54) is 0 Å². The Kier molecular flexibility index (Phi) is 2.94. The monoisotopic (exact) mass is 184 g/mol. The summed E-state index contributed by atoms with van der Waals surface area (Å²) < 4.78 is 0. The normalized spacial score (nSPS) is 9.17. The first-order valence-electron chi connectivity index (χ1n) is 3.46. The number of nitrogens with one attached hydrogen (secondary N) is 2. The first kappa shape index (κ1) is 8.87. The number of halogens is 1. The maximum Gasteiger partial charge on any atom is 0.318 e. The third-order valence-electron chi connectivity index (χ3n) is 1.31. The molecule has 0 aliphatic rings. The van der Waals surface area contributed by atoms with E-state index in [0.717, 1.165) is 0 Å². The Balaban J connectivity index is 2.69. The van der Waals surface area contributed by atoms with Gasteiger partial charge in [0.25, 0.3) is 0 Å². The van der Waals surface area contributed by atoms with E-state index in [1.54, 1.807) is 31.3 Å². The Morgan fingerprint density at radius 1 is 1.50 bits per heavy atom. The lowest BCUT2D eigenvalue weighted by Crippen LogP contribution is -2.24. The summed E-state index contributed by atoms with van der Waals surface area (Å²) in [5.41, 5.74) is 0.682. The van der Waals surface area contributed by atoms with Crippen molar-refractivity contribution in [3.05, 3.63) is 29.3 Å². The fourth-order valence-corrected chi connectivity index (χ4v) is 0.950. The minimum atomic E-state index is -0.253. The fraction of sp³-hybridized carbons (Fsp3) is 0.125. The highest BCUT2D eigenvalue weighted by atomic mass is 35.5. The molecule has 0 fully saturated rings. The van der Waals surface area contributed by atoms with Gasteiger partial charge in [0.1, 0.15) is 0 Å². The third kappa shape index (κ3) is 2.43. The van der Waals surface area contributed by atoms with Gasteiger partial charge in [-0.3, -0.25) is 0 Å². The molecule has 64 valence electrons. The highest BCUT2D eigenvalue weighted by molar-refractivity contribution is 6.30. The molecule has 1 rings (SSSR count). The second-order valence-corrected chi connectivity index (χ2v) is 2.65. The van der Waals surface area contributed by atoms with Gasteiger partial charge >= 0.3 is 6.03 Å². The van der Waals surface area contributed by atoms with Gasteiger partial charge in [-0.05, 0) is 18.2 Å². The molecule has 1 aromatic carbocycles. The summed E-state index contributed by atoms with van der Waals surface area (Å²) in [5.74, 6) is 0. The van der Waals surface area contributed by atoms with Gasteiger partial charge in [0.15, 0.2) is 0 Å². The Morgan fingerprint density at radius 3 is 2.83 bits per heavy atom. The standard InChI is InChI=1S/C8H9ClN2O/c1-10-8(12)11-7-4-2-3-6(9)5-7/h2-5H,1H3,(H2,10,11,12). The van der Waals surface area contributed by atoms with Crippen molar-refractivity contribution in [2.45, 2.75) is 0 Å². The van der Waals surface area contributed by atoms with Crippen LogP contribution in [0, 0.1) is 0 Å². The van der Waals surface area contributed by atoms with Crippen LogP contribution in [0.4, 0.5) is 10.5 Å². The highest BCUT2D eigenvalue weighted by Gasteiger charge is 1.97. The lowest BCUT2D eigenvalue weighted by atomic mass is 10.3. The van der Waals surface area contributed by atoms with Gasteiger partial charge in [-0.2, -0.15) is 0 Å². The van der Waals surface area contributed by atoms with E-state index < -0.39 is 0 Å². The van der Waals surface area contributed by atoms with E-state index in [4.69, 9.17) is 11.6 Å². The summed E-state index contributed by atoms with van der Waals surface area (Å²) in [7, 11) is 1.56.